The van der Waals surface area contributed by atoms with Crippen molar-refractivity contribution in [2.75, 3.05) is 25.7 Å². The van der Waals surface area contributed by atoms with Crippen molar-refractivity contribution >= 4 is 15.9 Å². The van der Waals surface area contributed by atoms with Crippen molar-refractivity contribution in [3.8, 4) is 5.75 Å². The number of ether oxygens (including phenoxy) is 2. The molecule has 1 heterocycles. The van der Waals surface area contributed by atoms with E-state index in [9.17, 15) is 31.5 Å². The fourth-order valence-electron chi connectivity index (χ4n) is 2.60. The van der Waals surface area contributed by atoms with E-state index in [0.717, 1.165) is 11.1 Å². The van der Waals surface area contributed by atoms with Crippen molar-refractivity contribution < 1.29 is 41.0 Å². The molecule has 1 aliphatic rings. The Morgan fingerprint density at radius 1 is 1.35 bits per heavy atom. The van der Waals surface area contributed by atoms with Crippen molar-refractivity contribution in [2.45, 2.75) is 32.2 Å². The summed E-state index contributed by atoms with van der Waals surface area (Å²) < 4.78 is 74.9. The number of aliphatic hydroxyl groups is 1. The fraction of sp³-hybridized carbons (Fsp3) is 0.500. The van der Waals surface area contributed by atoms with Crippen molar-refractivity contribution in [1.29, 1.82) is 0 Å². The molecule has 9 nitrogen and oxygen atoms in total. The lowest BCUT2D eigenvalue weighted by molar-refractivity contribution is -0.132. The van der Waals surface area contributed by atoms with Gasteiger partial charge in [-0.3, -0.25) is 4.79 Å². The SMILES string of the molecule is C[C@@H](NS(=O)(=O)CCCOCN1C=C(F)C(=O)NC1O)c1cccc(OCC(F)F)c1. The molecule has 0 saturated heterocycles. The van der Waals surface area contributed by atoms with Crippen LogP contribution in [-0.2, 0) is 19.6 Å². The summed E-state index contributed by atoms with van der Waals surface area (Å²) in [6.45, 7) is 0.586. The number of benzene rings is 1. The molecule has 3 N–H and O–H groups in total. The van der Waals surface area contributed by atoms with Gasteiger partial charge in [0.2, 0.25) is 22.2 Å². The van der Waals surface area contributed by atoms with E-state index in [0.29, 0.717) is 5.56 Å². The Bertz CT molecular complexity index is 884. The van der Waals surface area contributed by atoms with Crippen LogP contribution in [-0.4, -0.2) is 62.8 Å². The molecule has 1 unspecified atom stereocenters. The van der Waals surface area contributed by atoms with Crippen LogP contribution in [0.4, 0.5) is 13.2 Å². The molecule has 1 aliphatic heterocycles. The lowest BCUT2D eigenvalue weighted by Crippen LogP contribution is -2.50. The van der Waals surface area contributed by atoms with Crippen molar-refractivity contribution in [3.63, 3.8) is 0 Å². The minimum absolute atomic E-state index is 0.00112. The van der Waals surface area contributed by atoms with Gasteiger partial charge in [-0.25, -0.2) is 21.9 Å². The lowest BCUT2D eigenvalue weighted by Gasteiger charge is -2.29. The maximum Gasteiger partial charge on any atom is 0.284 e. The predicted octanol–water partition coefficient (Wildman–Crippen LogP) is 1.19. The number of hydrogen-bond donors (Lipinski definition) is 3. The summed E-state index contributed by atoms with van der Waals surface area (Å²) in [5, 5.41) is 11.5. The number of hydrogen-bond acceptors (Lipinski definition) is 7. The molecule has 0 fully saturated rings. The lowest BCUT2D eigenvalue weighted by atomic mass is 10.1. The van der Waals surface area contributed by atoms with Crippen molar-refractivity contribution in [1.82, 2.24) is 14.9 Å². The highest BCUT2D eigenvalue weighted by molar-refractivity contribution is 7.89. The second kappa shape index (κ2) is 11.3. The van der Waals surface area contributed by atoms with Gasteiger partial charge in [-0.15, -0.1) is 0 Å². The smallest absolute Gasteiger partial charge is 0.284 e. The van der Waals surface area contributed by atoms with Gasteiger partial charge in [-0.05, 0) is 31.0 Å². The van der Waals surface area contributed by atoms with E-state index in [4.69, 9.17) is 9.47 Å². The highest BCUT2D eigenvalue weighted by Gasteiger charge is 2.25. The highest BCUT2D eigenvalue weighted by atomic mass is 32.2. The molecule has 0 bridgehead atoms. The molecule has 0 saturated carbocycles. The van der Waals surface area contributed by atoms with Crippen LogP contribution in [0.5, 0.6) is 5.75 Å². The van der Waals surface area contributed by atoms with Gasteiger partial charge >= 0.3 is 0 Å². The van der Waals surface area contributed by atoms with Crippen LogP contribution in [0.2, 0.25) is 0 Å². The Hall–Kier alpha value is -2.35. The monoisotopic (exact) mass is 467 g/mol. The van der Waals surface area contributed by atoms with Crippen LogP contribution in [0.25, 0.3) is 0 Å². The number of halogens is 3. The zero-order valence-corrected chi connectivity index (χ0v) is 17.4. The molecule has 0 spiro atoms. The third-order valence-corrected chi connectivity index (χ3v) is 5.64. The summed E-state index contributed by atoms with van der Waals surface area (Å²) in [6, 6.07) is 5.57. The Labute approximate surface area is 177 Å². The molecule has 13 heteroatoms. The minimum atomic E-state index is -3.68. The Balaban J connectivity index is 1.76. The Morgan fingerprint density at radius 3 is 2.81 bits per heavy atom. The first-order valence-electron chi connectivity index (χ1n) is 9.28. The fourth-order valence-corrected chi connectivity index (χ4v) is 3.89. The first-order valence-corrected chi connectivity index (χ1v) is 10.9. The van der Waals surface area contributed by atoms with Crippen LogP contribution >= 0.6 is 0 Å². The molecule has 31 heavy (non-hydrogen) atoms. The predicted molar refractivity (Wildman–Crippen MR) is 104 cm³/mol. The van der Waals surface area contributed by atoms with E-state index in [-0.39, 0.29) is 31.3 Å². The van der Waals surface area contributed by atoms with Crippen LogP contribution in [0, 0.1) is 0 Å². The molecule has 0 aliphatic carbocycles. The van der Waals surface area contributed by atoms with E-state index >= 15 is 0 Å². The molecular weight excluding hydrogens is 443 g/mol. The maximum atomic E-state index is 13.2. The van der Waals surface area contributed by atoms with Gasteiger partial charge in [-0.2, -0.15) is 4.39 Å². The quantitative estimate of drug-likeness (QED) is 0.396. The van der Waals surface area contributed by atoms with Gasteiger partial charge in [0.25, 0.3) is 12.3 Å². The Kier molecular flexibility index (Phi) is 9.10. The van der Waals surface area contributed by atoms with Crippen molar-refractivity contribution in [2.24, 2.45) is 0 Å². The van der Waals surface area contributed by atoms with E-state index < -0.39 is 47.2 Å². The minimum Gasteiger partial charge on any atom is -0.488 e. The van der Waals surface area contributed by atoms with Gasteiger partial charge in [0.15, 0.2) is 0 Å². The molecule has 1 aromatic carbocycles. The number of rotatable bonds is 12. The molecule has 174 valence electrons. The van der Waals surface area contributed by atoms with Crippen LogP contribution < -0.4 is 14.8 Å². The number of sulfonamides is 1. The van der Waals surface area contributed by atoms with Crippen LogP contribution in [0.15, 0.2) is 36.3 Å². The third-order valence-electron chi connectivity index (χ3n) is 4.10. The first-order chi connectivity index (χ1) is 14.6. The van der Waals surface area contributed by atoms with Gasteiger partial charge in [-0.1, -0.05) is 12.1 Å². The van der Waals surface area contributed by atoms with Crippen molar-refractivity contribution in [3.05, 3.63) is 41.9 Å². The zero-order valence-electron chi connectivity index (χ0n) is 16.6. The zero-order chi connectivity index (χ0) is 23.0. The molecule has 1 amide bonds. The standard InChI is InChI=1S/C18H24F3N3O6S/c1-12(13-4-2-5-14(8-13)30-10-16(20)21)23-31(27,28)7-3-6-29-11-24-9-15(19)17(25)22-18(24)26/h2,4-5,8-9,12,16,18,23,26H,3,6-7,10-11H2,1H3,(H,22,25)/t12-,18?/m1/s1. The van der Waals surface area contributed by atoms with Gasteiger partial charge in [0, 0.05) is 18.8 Å². The first kappa shape index (κ1) is 24.9. The molecule has 1 aromatic rings. The van der Waals surface area contributed by atoms with Gasteiger partial charge < -0.3 is 24.8 Å². The number of carbonyl (C=O) groups excluding carboxylic acids is 1. The van der Waals surface area contributed by atoms with E-state index in [1.807, 2.05) is 5.32 Å². The molecule has 2 rings (SSSR count). The number of nitrogens with zero attached hydrogens (tertiary/aromatic N) is 1. The third kappa shape index (κ3) is 8.36. The molecule has 0 radical (unpaired) electrons. The van der Waals surface area contributed by atoms with E-state index in [1.54, 1.807) is 19.1 Å². The van der Waals surface area contributed by atoms with Crippen LogP contribution in [0.1, 0.15) is 24.9 Å². The average molecular weight is 467 g/mol. The van der Waals surface area contributed by atoms with Crippen LogP contribution in [0.3, 0.4) is 0 Å². The topological polar surface area (TPSA) is 117 Å². The summed E-state index contributed by atoms with van der Waals surface area (Å²) in [4.78, 5) is 12.0. The maximum absolute atomic E-state index is 13.2. The number of carbonyl (C=O) groups is 1. The summed E-state index contributed by atoms with van der Waals surface area (Å²) in [5.41, 5.74) is 0.543. The summed E-state index contributed by atoms with van der Waals surface area (Å²) in [7, 11) is -3.68. The average Bonchev–Trinajstić information content (AvgIpc) is 2.69. The normalized spacial score (nSPS) is 18.0. The number of amides is 1. The summed E-state index contributed by atoms with van der Waals surface area (Å²) >= 11 is 0. The second-order valence-electron chi connectivity index (χ2n) is 6.66. The highest BCUT2D eigenvalue weighted by Crippen LogP contribution is 2.20. The largest absolute Gasteiger partial charge is 0.488 e. The van der Waals surface area contributed by atoms with Gasteiger partial charge in [0.05, 0.1) is 5.75 Å². The van der Waals surface area contributed by atoms with Gasteiger partial charge in [0.1, 0.15) is 19.1 Å². The van der Waals surface area contributed by atoms with E-state index in [2.05, 4.69) is 4.72 Å². The molecular formula is C18H24F3N3O6S. The molecule has 2 atom stereocenters. The Morgan fingerprint density at radius 2 is 2.10 bits per heavy atom. The second-order valence-corrected chi connectivity index (χ2v) is 8.54. The summed E-state index contributed by atoms with van der Waals surface area (Å²) in [6.07, 6.45) is -3.16. The summed E-state index contributed by atoms with van der Waals surface area (Å²) in [5.74, 6) is -2.18. The number of alkyl halides is 2. The number of nitrogens with one attached hydrogen (secondary N) is 2. The molecule has 0 aromatic heterocycles. The van der Waals surface area contributed by atoms with E-state index in [1.165, 1.54) is 12.1 Å². The number of aliphatic hydroxyl groups excluding tert-OH is 1.